The average Bonchev–Trinajstić information content (AvgIpc) is 3.15. The summed E-state index contributed by atoms with van der Waals surface area (Å²) in [4.78, 5) is 2.54. The molecule has 3 rings (SSSR count). The highest BCUT2D eigenvalue weighted by molar-refractivity contribution is 4.84. The van der Waals surface area contributed by atoms with Crippen LogP contribution in [0.25, 0.3) is 0 Å². The maximum atomic E-state index is 5.82. The van der Waals surface area contributed by atoms with E-state index in [-0.39, 0.29) is 18.9 Å². The quantitative estimate of drug-likeness (QED) is 0.410. The van der Waals surface area contributed by atoms with Gasteiger partial charge in [0.05, 0.1) is 0 Å². The van der Waals surface area contributed by atoms with Gasteiger partial charge in [0, 0.05) is 25.7 Å². The van der Waals surface area contributed by atoms with Crippen LogP contribution >= 0.6 is 0 Å². The van der Waals surface area contributed by atoms with Crippen molar-refractivity contribution in [3.05, 3.63) is 0 Å². The second-order valence-electron chi connectivity index (χ2n) is 8.74. The van der Waals surface area contributed by atoms with Crippen molar-refractivity contribution < 1.29 is 4.74 Å². The molecule has 0 aromatic carbocycles. The van der Waals surface area contributed by atoms with Gasteiger partial charge in [-0.25, -0.2) is 0 Å². The van der Waals surface area contributed by atoms with Crippen molar-refractivity contribution in [3.63, 3.8) is 0 Å². The Morgan fingerprint density at radius 1 is 1.04 bits per heavy atom. The van der Waals surface area contributed by atoms with Crippen LogP contribution < -0.4 is 26.6 Å². The number of rotatable bonds is 9. The zero-order valence-electron chi connectivity index (χ0n) is 17.6. The minimum Gasteiger partial charge on any atom is -0.350 e. The van der Waals surface area contributed by atoms with E-state index in [1.807, 2.05) is 6.92 Å². The summed E-state index contributed by atoms with van der Waals surface area (Å²) in [7, 11) is 0. The molecule has 5 atom stereocenters. The van der Waals surface area contributed by atoms with Gasteiger partial charge in [-0.3, -0.25) is 26.6 Å². The van der Waals surface area contributed by atoms with Crippen molar-refractivity contribution in [1.29, 1.82) is 0 Å². The number of ether oxygens (including phenoxy) is 1. The molecule has 5 unspecified atom stereocenters. The lowest BCUT2D eigenvalue weighted by Crippen LogP contribution is -2.76. The van der Waals surface area contributed by atoms with Gasteiger partial charge in [-0.05, 0) is 57.5 Å². The molecule has 0 radical (unpaired) electrons. The van der Waals surface area contributed by atoms with E-state index < -0.39 is 0 Å². The van der Waals surface area contributed by atoms with Gasteiger partial charge in [-0.2, -0.15) is 0 Å². The summed E-state index contributed by atoms with van der Waals surface area (Å²) < 4.78 is 5.82. The monoisotopic (exact) mass is 382 g/mol. The molecule has 0 spiro atoms. The molecule has 2 heterocycles. The van der Waals surface area contributed by atoms with E-state index in [2.05, 4.69) is 45.3 Å². The molecule has 3 aliphatic rings. The normalized spacial score (nSPS) is 35.8. The highest BCUT2D eigenvalue weighted by Crippen LogP contribution is 2.30. The minimum atomic E-state index is -0.137. The van der Waals surface area contributed by atoms with Crippen molar-refractivity contribution in [1.82, 2.24) is 31.5 Å². The van der Waals surface area contributed by atoms with Gasteiger partial charge in [0.1, 0.15) is 12.6 Å². The molecular weight excluding hydrogens is 340 g/mol. The zero-order chi connectivity index (χ0) is 19.1. The number of hydrogen-bond donors (Lipinski definition) is 5. The molecule has 7 nitrogen and oxygen atoms in total. The summed E-state index contributed by atoms with van der Waals surface area (Å²) in [6.07, 6.45) is 7.92. The highest BCUT2D eigenvalue weighted by Gasteiger charge is 2.30. The van der Waals surface area contributed by atoms with Crippen molar-refractivity contribution >= 4 is 0 Å². The highest BCUT2D eigenvalue weighted by atomic mass is 16.5. The van der Waals surface area contributed by atoms with Crippen LogP contribution in [0.4, 0.5) is 0 Å². The van der Waals surface area contributed by atoms with Gasteiger partial charge >= 0.3 is 0 Å². The first-order valence-corrected chi connectivity index (χ1v) is 11.3. The van der Waals surface area contributed by atoms with Crippen LogP contribution in [0.5, 0.6) is 0 Å². The predicted octanol–water partition coefficient (Wildman–Crippen LogP) is 1.15. The summed E-state index contributed by atoms with van der Waals surface area (Å²) >= 11 is 0. The molecule has 5 N–H and O–H groups in total. The molecule has 158 valence electrons. The first kappa shape index (κ1) is 21.4. The topological polar surface area (TPSA) is 72.6 Å². The zero-order valence-corrected chi connectivity index (χ0v) is 17.6. The van der Waals surface area contributed by atoms with E-state index in [9.17, 15) is 0 Å². The summed E-state index contributed by atoms with van der Waals surface area (Å²) in [6.45, 7) is 12.0. The van der Waals surface area contributed by atoms with Crippen molar-refractivity contribution in [2.75, 3.05) is 32.8 Å². The summed E-state index contributed by atoms with van der Waals surface area (Å²) in [5.41, 5.74) is 0. The molecule has 0 aromatic heterocycles. The lowest BCUT2D eigenvalue weighted by atomic mass is 9.79. The Morgan fingerprint density at radius 3 is 2.56 bits per heavy atom. The van der Waals surface area contributed by atoms with Crippen LogP contribution in [-0.4, -0.2) is 62.7 Å². The summed E-state index contributed by atoms with van der Waals surface area (Å²) in [6, 6.07) is 0.571. The second-order valence-corrected chi connectivity index (χ2v) is 8.74. The van der Waals surface area contributed by atoms with Gasteiger partial charge in [0.2, 0.25) is 0 Å². The van der Waals surface area contributed by atoms with Crippen LogP contribution in [0.2, 0.25) is 0 Å². The standard InChI is InChI=1S/C20H42N6O/c1-4-27-20-24-18(21-10-13-26-11-5-6-12-26)23-19(25-20)22-17-9-7-8-16(14-17)15(2)3/h15-25H,4-14H2,1-3H3. The Kier molecular flexibility index (Phi) is 8.77. The Hall–Kier alpha value is -0.280. The fourth-order valence-corrected chi connectivity index (χ4v) is 4.68. The maximum Gasteiger partial charge on any atom is 0.167 e. The molecule has 0 bridgehead atoms. The van der Waals surface area contributed by atoms with E-state index in [4.69, 9.17) is 4.74 Å². The molecular formula is C20H42N6O. The SMILES string of the molecule is CCOC1NC(NCCN2CCCC2)NC(NC2CCCC(C(C)C)C2)N1. The molecule has 2 aliphatic heterocycles. The maximum absolute atomic E-state index is 5.82. The third-order valence-corrected chi connectivity index (χ3v) is 6.34. The third-order valence-electron chi connectivity index (χ3n) is 6.34. The molecule has 0 amide bonds. The van der Waals surface area contributed by atoms with Crippen LogP contribution in [0, 0.1) is 11.8 Å². The smallest absolute Gasteiger partial charge is 0.167 e. The van der Waals surface area contributed by atoms with E-state index in [0.29, 0.717) is 12.6 Å². The predicted molar refractivity (Wildman–Crippen MR) is 110 cm³/mol. The molecule has 1 saturated carbocycles. The van der Waals surface area contributed by atoms with Crippen LogP contribution in [0.3, 0.4) is 0 Å². The Bertz CT molecular complexity index is 417. The number of nitrogens with zero attached hydrogens (tertiary/aromatic N) is 1. The molecule has 3 fully saturated rings. The largest absolute Gasteiger partial charge is 0.350 e. The lowest BCUT2D eigenvalue weighted by molar-refractivity contribution is -0.0461. The van der Waals surface area contributed by atoms with Gasteiger partial charge in [-0.1, -0.05) is 26.7 Å². The molecule has 2 saturated heterocycles. The van der Waals surface area contributed by atoms with Gasteiger partial charge < -0.3 is 9.64 Å². The lowest BCUT2D eigenvalue weighted by Gasteiger charge is -2.42. The fraction of sp³-hybridized carbons (Fsp3) is 1.00. The van der Waals surface area contributed by atoms with Crippen LogP contribution in [-0.2, 0) is 4.74 Å². The van der Waals surface area contributed by atoms with Crippen molar-refractivity contribution in [3.8, 4) is 0 Å². The molecule has 1 aliphatic carbocycles. The van der Waals surface area contributed by atoms with E-state index in [1.165, 1.54) is 51.6 Å². The van der Waals surface area contributed by atoms with Crippen LogP contribution in [0.1, 0.15) is 59.3 Å². The van der Waals surface area contributed by atoms with Crippen LogP contribution in [0.15, 0.2) is 0 Å². The minimum absolute atomic E-state index is 0.0485. The van der Waals surface area contributed by atoms with Gasteiger partial charge in [0.15, 0.2) is 6.35 Å². The van der Waals surface area contributed by atoms with Gasteiger partial charge in [-0.15, -0.1) is 0 Å². The number of nitrogens with one attached hydrogen (secondary N) is 5. The Balaban J connectivity index is 1.46. The number of likely N-dealkylation sites (tertiary alicyclic amines) is 1. The fourth-order valence-electron chi connectivity index (χ4n) is 4.68. The summed E-state index contributed by atoms with van der Waals surface area (Å²) in [5, 5.41) is 18.0. The van der Waals surface area contributed by atoms with Gasteiger partial charge in [0.25, 0.3) is 0 Å². The van der Waals surface area contributed by atoms with E-state index in [1.54, 1.807) is 0 Å². The first-order valence-electron chi connectivity index (χ1n) is 11.3. The van der Waals surface area contributed by atoms with Crippen molar-refractivity contribution in [2.45, 2.75) is 84.3 Å². The molecule has 27 heavy (non-hydrogen) atoms. The average molecular weight is 383 g/mol. The first-order chi connectivity index (χ1) is 13.1. The Morgan fingerprint density at radius 2 is 1.81 bits per heavy atom. The van der Waals surface area contributed by atoms with E-state index in [0.717, 1.165) is 24.9 Å². The molecule has 0 aromatic rings. The Labute approximate surface area is 165 Å². The number of hydrogen-bond acceptors (Lipinski definition) is 7. The second kappa shape index (κ2) is 11.0. The molecule has 7 heteroatoms. The van der Waals surface area contributed by atoms with E-state index >= 15 is 0 Å². The summed E-state index contributed by atoms with van der Waals surface area (Å²) in [5.74, 6) is 1.62. The van der Waals surface area contributed by atoms with Crippen molar-refractivity contribution in [2.24, 2.45) is 11.8 Å². The third kappa shape index (κ3) is 6.92.